The Morgan fingerprint density at radius 1 is 1.18 bits per heavy atom. The number of carboxylic acid groups (broad SMARTS) is 1. The van der Waals surface area contributed by atoms with E-state index in [0.29, 0.717) is 35.8 Å². The van der Waals surface area contributed by atoms with E-state index in [9.17, 15) is 14.7 Å². The van der Waals surface area contributed by atoms with Gasteiger partial charge >= 0.3 is 5.97 Å². The molecule has 0 saturated heterocycles. The van der Waals surface area contributed by atoms with Crippen molar-refractivity contribution in [1.82, 2.24) is 4.57 Å². The normalized spacial score (nSPS) is 12.1. The molecule has 3 aromatic rings. The Labute approximate surface area is 160 Å². The van der Waals surface area contributed by atoms with Crippen LogP contribution in [0.25, 0.3) is 10.9 Å². The van der Waals surface area contributed by atoms with Gasteiger partial charge in [0.1, 0.15) is 12.4 Å². The summed E-state index contributed by atoms with van der Waals surface area (Å²) in [6.07, 6.45) is 3.17. The number of benzene rings is 2. The molecule has 7 heteroatoms. The first-order valence-corrected chi connectivity index (χ1v) is 8.59. The fraction of sp³-hybridized carbons (Fsp3) is 0.143. The lowest BCUT2D eigenvalue weighted by molar-refractivity contribution is -0.131. The Morgan fingerprint density at radius 2 is 2.00 bits per heavy atom. The van der Waals surface area contributed by atoms with Gasteiger partial charge in [0.2, 0.25) is 6.79 Å². The maximum Gasteiger partial charge on any atom is 0.377 e. The molecular weight excluding hydrogens is 362 g/mol. The fourth-order valence-corrected chi connectivity index (χ4v) is 3.18. The van der Waals surface area contributed by atoms with Crippen LogP contribution >= 0.6 is 0 Å². The van der Waals surface area contributed by atoms with Crippen LogP contribution < -0.4 is 14.2 Å². The molecule has 2 heterocycles. The number of aliphatic carboxylic acids is 1. The van der Waals surface area contributed by atoms with Gasteiger partial charge in [0.25, 0.3) is 5.78 Å². The molecule has 0 amide bonds. The molecule has 2 aromatic carbocycles. The predicted octanol–water partition coefficient (Wildman–Crippen LogP) is 3.25. The first kappa shape index (κ1) is 17.7. The Morgan fingerprint density at radius 3 is 2.79 bits per heavy atom. The Kier molecular flexibility index (Phi) is 4.49. The van der Waals surface area contributed by atoms with Crippen molar-refractivity contribution in [1.29, 1.82) is 0 Å². The molecule has 0 bridgehead atoms. The van der Waals surface area contributed by atoms with Crippen LogP contribution in [0.1, 0.15) is 15.9 Å². The van der Waals surface area contributed by atoms with Crippen molar-refractivity contribution in [3.05, 3.63) is 66.4 Å². The molecule has 1 aliphatic rings. The highest BCUT2D eigenvalue weighted by Gasteiger charge is 2.22. The fourth-order valence-electron chi connectivity index (χ4n) is 3.18. The van der Waals surface area contributed by atoms with Crippen LogP contribution in [0.2, 0.25) is 0 Å². The van der Waals surface area contributed by atoms with Crippen molar-refractivity contribution in [2.24, 2.45) is 0 Å². The molecule has 7 nitrogen and oxygen atoms in total. The largest absolute Gasteiger partial charge is 0.490 e. The number of aromatic nitrogens is 1. The minimum atomic E-state index is -1.50. The zero-order valence-corrected chi connectivity index (χ0v) is 14.9. The van der Waals surface area contributed by atoms with E-state index >= 15 is 0 Å². The van der Waals surface area contributed by atoms with E-state index < -0.39 is 11.8 Å². The first-order valence-electron chi connectivity index (χ1n) is 8.59. The van der Waals surface area contributed by atoms with Crippen LogP contribution in [0, 0.1) is 0 Å². The summed E-state index contributed by atoms with van der Waals surface area (Å²) < 4.78 is 18.1. The second-order valence-electron chi connectivity index (χ2n) is 6.27. The standard InChI is InChI=1S/C21H17NO6/c1-2-7-26-14-4-5-17-15(9-14)16(20(23)21(24)25)11-22(17)10-13-3-6-18-19(8-13)28-12-27-18/h2-6,8-9,11H,1,7,10,12H2,(H,24,25). The lowest BCUT2D eigenvalue weighted by atomic mass is 10.1. The Hall–Kier alpha value is -3.74. The van der Waals surface area contributed by atoms with Gasteiger partial charge in [-0.1, -0.05) is 18.7 Å². The molecule has 0 unspecified atom stereocenters. The number of carbonyl (C=O) groups excluding carboxylic acids is 1. The molecule has 1 aromatic heterocycles. The third kappa shape index (κ3) is 3.18. The van der Waals surface area contributed by atoms with Gasteiger partial charge in [-0.25, -0.2) is 4.79 Å². The summed E-state index contributed by atoms with van der Waals surface area (Å²) in [5.74, 6) is -0.578. The van der Waals surface area contributed by atoms with E-state index in [4.69, 9.17) is 14.2 Å². The number of nitrogens with zero attached hydrogens (tertiary/aromatic N) is 1. The number of hydrogen-bond acceptors (Lipinski definition) is 5. The number of rotatable bonds is 7. The molecular formula is C21H17NO6. The second-order valence-corrected chi connectivity index (χ2v) is 6.27. The van der Waals surface area contributed by atoms with Crippen LogP contribution in [0.3, 0.4) is 0 Å². The average Bonchev–Trinajstić information content (AvgIpc) is 3.30. The summed E-state index contributed by atoms with van der Waals surface area (Å²) in [5, 5.41) is 9.70. The number of Topliss-reactive ketones (excluding diaryl/α,β-unsaturated/α-hetero) is 1. The van der Waals surface area contributed by atoms with Gasteiger partial charge < -0.3 is 23.9 Å². The predicted molar refractivity (Wildman–Crippen MR) is 101 cm³/mol. The van der Waals surface area contributed by atoms with Crippen molar-refractivity contribution in [3.8, 4) is 17.2 Å². The van der Waals surface area contributed by atoms with E-state index in [1.807, 2.05) is 22.8 Å². The molecule has 1 N–H and O–H groups in total. The van der Waals surface area contributed by atoms with Crippen LogP contribution in [0.15, 0.2) is 55.3 Å². The van der Waals surface area contributed by atoms with Crippen molar-refractivity contribution < 1.29 is 28.9 Å². The summed E-state index contributed by atoms with van der Waals surface area (Å²) in [6.45, 7) is 4.54. The highest BCUT2D eigenvalue weighted by atomic mass is 16.7. The molecule has 142 valence electrons. The van der Waals surface area contributed by atoms with E-state index in [0.717, 1.165) is 11.1 Å². The molecule has 0 atom stereocenters. The zero-order chi connectivity index (χ0) is 19.7. The minimum Gasteiger partial charge on any atom is -0.490 e. The number of ketones is 1. The number of fused-ring (bicyclic) bond motifs is 2. The van der Waals surface area contributed by atoms with Crippen LogP contribution in [0.5, 0.6) is 17.2 Å². The van der Waals surface area contributed by atoms with Gasteiger partial charge in [0, 0.05) is 23.6 Å². The molecule has 4 rings (SSSR count). The summed E-state index contributed by atoms with van der Waals surface area (Å²) in [5.41, 5.74) is 1.78. The van der Waals surface area contributed by atoms with Gasteiger partial charge in [-0.05, 0) is 35.9 Å². The quantitative estimate of drug-likeness (QED) is 0.385. The summed E-state index contributed by atoms with van der Waals surface area (Å²) in [6, 6.07) is 10.9. The maximum atomic E-state index is 12.2. The Bertz CT molecular complexity index is 1100. The SMILES string of the molecule is C=CCOc1ccc2c(c1)c(C(=O)C(=O)O)cn2Cc1ccc2c(c1)OCO2. The van der Waals surface area contributed by atoms with Gasteiger partial charge in [0.05, 0.1) is 5.56 Å². The topological polar surface area (TPSA) is 87.0 Å². The first-order chi connectivity index (χ1) is 13.6. The zero-order valence-electron chi connectivity index (χ0n) is 14.9. The highest BCUT2D eigenvalue weighted by Crippen LogP contribution is 2.33. The maximum absolute atomic E-state index is 12.2. The second kappa shape index (κ2) is 7.11. The van der Waals surface area contributed by atoms with Gasteiger partial charge in [-0.3, -0.25) is 4.79 Å². The monoisotopic (exact) mass is 379 g/mol. The van der Waals surface area contributed by atoms with E-state index in [-0.39, 0.29) is 12.4 Å². The van der Waals surface area contributed by atoms with Crippen molar-refractivity contribution in [2.75, 3.05) is 13.4 Å². The third-order valence-corrected chi connectivity index (χ3v) is 4.45. The molecule has 0 spiro atoms. The van der Waals surface area contributed by atoms with E-state index in [1.165, 1.54) is 0 Å². The molecule has 28 heavy (non-hydrogen) atoms. The number of hydrogen-bond donors (Lipinski definition) is 1. The molecule has 0 fully saturated rings. The average molecular weight is 379 g/mol. The Balaban J connectivity index is 1.76. The van der Waals surface area contributed by atoms with Crippen LogP contribution in [-0.4, -0.2) is 34.8 Å². The molecule has 0 saturated carbocycles. The lowest BCUT2D eigenvalue weighted by Gasteiger charge is -2.08. The third-order valence-electron chi connectivity index (χ3n) is 4.45. The molecule has 1 aliphatic heterocycles. The molecule has 0 radical (unpaired) electrons. The number of carbonyl (C=O) groups is 2. The summed E-state index contributed by atoms with van der Waals surface area (Å²) in [7, 11) is 0. The minimum absolute atomic E-state index is 0.118. The van der Waals surface area contributed by atoms with Crippen LogP contribution in [-0.2, 0) is 11.3 Å². The summed E-state index contributed by atoms with van der Waals surface area (Å²) in [4.78, 5) is 23.5. The number of ether oxygens (including phenoxy) is 3. The van der Waals surface area contributed by atoms with E-state index in [2.05, 4.69) is 6.58 Å². The van der Waals surface area contributed by atoms with Gasteiger partial charge in [-0.2, -0.15) is 0 Å². The molecule has 0 aliphatic carbocycles. The van der Waals surface area contributed by atoms with Crippen molar-refractivity contribution >= 4 is 22.7 Å². The smallest absolute Gasteiger partial charge is 0.377 e. The van der Waals surface area contributed by atoms with Gasteiger partial charge in [0.15, 0.2) is 11.5 Å². The van der Waals surface area contributed by atoms with Crippen molar-refractivity contribution in [2.45, 2.75) is 6.54 Å². The highest BCUT2D eigenvalue weighted by molar-refractivity contribution is 6.42. The lowest BCUT2D eigenvalue weighted by Crippen LogP contribution is -2.12. The van der Waals surface area contributed by atoms with Gasteiger partial charge in [-0.15, -0.1) is 0 Å². The van der Waals surface area contributed by atoms with E-state index in [1.54, 1.807) is 30.5 Å². The van der Waals surface area contributed by atoms with Crippen molar-refractivity contribution in [3.63, 3.8) is 0 Å². The number of carboxylic acids is 1. The van der Waals surface area contributed by atoms with Crippen LogP contribution in [0.4, 0.5) is 0 Å². The summed E-state index contributed by atoms with van der Waals surface area (Å²) >= 11 is 0.